The Morgan fingerprint density at radius 3 is 3.09 bits per heavy atom. The monoisotopic (exact) mass is 300 g/mol. The van der Waals surface area contributed by atoms with Gasteiger partial charge in [0.05, 0.1) is 11.5 Å². The first kappa shape index (κ1) is 13.7. The van der Waals surface area contributed by atoms with E-state index < -0.39 is 0 Å². The van der Waals surface area contributed by atoms with E-state index in [4.69, 9.17) is 4.52 Å². The molecule has 0 bridgehead atoms. The number of hydrogen-bond donors (Lipinski definition) is 1. The molecule has 2 fully saturated rings. The third-order valence-electron chi connectivity index (χ3n) is 4.85. The SMILES string of the molecule is Cc1ccc(-c2noc(C3CC4CCCCN4C3)n2)c(=O)[nH]1. The fraction of sp³-hybridized carbons (Fsp3) is 0.562. The molecule has 2 saturated heterocycles. The van der Waals surface area contributed by atoms with Crippen LogP contribution in [0.5, 0.6) is 0 Å². The number of aryl methyl sites for hydroxylation is 1. The fourth-order valence-corrected chi connectivity index (χ4v) is 3.69. The highest BCUT2D eigenvalue weighted by Gasteiger charge is 2.37. The summed E-state index contributed by atoms with van der Waals surface area (Å²) in [5, 5.41) is 4.01. The Labute approximate surface area is 128 Å². The van der Waals surface area contributed by atoms with Gasteiger partial charge >= 0.3 is 0 Å². The first-order valence-electron chi connectivity index (χ1n) is 7.98. The predicted octanol–water partition coefficient (Wildman–Crippen LogP) is 2.08. The van der Waals surface area contributed by atoms with E-state index in [9.17, 15) is 4.79 Å². The van der Waals surface area contributed by atoms with Crippen LogP contribution in [0.15, 0.2) is 21.5 Å². The molecule has 2 aromatic heterocycles. The topological polar surface area (TPSA) is 75.0 Å². The number of aromatic amines is 1. The second kappa shape index (κ2) is 5.35. The van der Waals surface area contributed by atoms with E-state index >= 15 is 0 Å². The quantitative estimate of drug-likeness (QED) is 0.919. The van der Waals surface area contributed by atoms with Crippen molar-refractivity contribution in [1.29, 1.82) is 0 Å². The molecule has 0 saturated carbocycles. The van der Waals surface area contributed by atoms with Gasteiger partial charge in [-0.1, -0.05) is 11.6 Å². The van der Waals surface area contributed by atoms with Crippen LogP contribution >= 0.6 is 0 Å². The van der Waals surface area contributed by atoms with Crippen LogP contribution in [0.4, 0.5) is 0 Å². The molecule has 0 aliphatic carbocycles. The summed E-state index contributed by atoms with van der Waals surface area (Å²) in [4.78, 5) is 21.8. The van der Waals surface area contributed by atoms with Crippen LogP contribution in [0.3, 0.4) is 0 Å². The van der Waals surface area contributed by atoms with Crippen LogP contribution in [0.1, 0.15) is 43.2 Å². The minimum Gasteiger partial charge on any atom is -0.339 e. The van der Waals surface area contributed by atoms with Gasteiger partial charge in [0.2, 0.25) is 11.7 Å². The molecular formula is C16H20N4O2. The van der Waals surface area contributed by atoms with Gasteiger partial charge in [0.15, 0.2) is 0 Å². The molecule has 4 rings (SSSR count). The minimum absolute atomic E-state index is 0.170. The third-order valence-corrected chi connectivity index (χ3v) is 4.85. The lowest BCUT2D eigenvalue weighted by atomic mass is 10.00. The Hall–Kier alpha value is -1.95. The zero-order valence-corrected chi connectivity index (χ0v) is 12.7. The van der Waals surface area contributed by atoms with Gasteiger partial charge in [-0.2, -0.15) is 4.98 Å². The molecule has 1 N–H and O–H groups in total. The van der Waals surface area contributed by atoms with Crippen LogP contribution in [0, 0.1) is 6.92 Å². The number of hydrogen-bond acceptors (Lipinski definition) is 5. The van der Waals surface area contributed by atoms with Crippen molar-refractivity contribution in [3.05, 3.63) is 34.1 Å². The Morgan fingerprint density at radius 2 is 2.27 bits per heavy atom. The number of piperidine rings is 1. The standard InChI is InChI=1S/C16H20N4O2/c1-10-5-6-13(15(21)17-10)14-18-16(22-19-14)11-8-12-4-2-3-7-20(12)9-11/h5-6,11-12H,2-4,7-9H2,1H3,(H,17,21). The van der Waals surface area contributed by atoms with E-state index in [0.29, 0.717) is 29.2 Å². The van der Waals surface area contributed by atoms with Crippen LogP contribution in [-0.2, 0) is 0 Å². The average Bonchev–Trinajstić information content (AvgIpc) is 3.13. The molecule has 0 radical (unpaired) electrons. The van der Waals surface area contributed by atoms with Crippen molar-refractivity contribution in [2.24, 2.45) is 0 Å². The summed E-state index contributed by atoms with van der Waals surface area (Å²) < 4.78 is 5.45. The first-order valence-corrected chi connectivity index (χ1v) is 7.98. The highest BCUT2D eigenvalue weighted by molar-refractivity contribution is 5.52. The van der Waals surface area contributed by atoms with E-state index in [-0.39, 0.29) is 5.56 Å². The number of rotatable bonds is 2. The molecule has 2 atom stereocenters. The molecule has 2 aliphatic rings. The molecule has 0 spiro atoms. The lowest BCUT2D eigenvalue weighted by Gasteiger charge is -2.28. The molecule has 22 heavy (non-hydrogen) atoms. The summed E-state index contributed by atoms with van der Waals surface area (Å²) in [6, 6.07) is 4.26. The van der Waals surface area contributed by atoms with E-state index in [1.165, 1.54) is 25.8 Å². The molecule has 6 nitrogen and oxygen atoms in total. The maximum Gasteiger partial charge on any atom is 0.259 e. The van der Waals surface area contributed by atoms with Crippen LogP contribution in [0.25, 0.3) is 11.4 Å². The normalized spacial score (nSPS) is 25.3. The summed E-state index contributed by atoms with van der Waals surface area (Å²) in [6.45, 7) is 4.03. The number of pyridine rings is 1. The zero-order valence-electron chi connectivity index (χ0n) is 12.7. The lowest BCUT2D eigenvalue weighted by molar-refractivity contribution is 0.197. The second-order valence-electron chi connectivity index (χ2n) is 6.42. The van der Waals surface area contributed by atoms with Crippen LogP contribution in [0.2, 0.25) is 0 Å². The van der Waals surface area contributed by atoms with Crippen molar-refractivity contribution in [3.63, 3.8) is 0 Å². The summed E-state index contributed by atoms with van der Waals surface area (Å²) in [6.07, 6.45) is 4.97. The van der Waals surface area contributed by atoms with Gasteiger partial charge < -0.3 is 9.51 Å². The maximum atomic E-state index is 12.0. The van der Waals surface area contributed by atoms with Gasteiger partial charge in [-0.25, -0.2) is 0 Å². The predicted molar refractivity (Wildman–Crippen MR) is 81.7 cm³/mol. The highest BCUT2D eigenvalue weighted by Crippen LogP contribution is 2.35. The molecule has 6 heteroatoms. The number of nitrogens with zero attached hydrogens (tertiary/aromatic N) is 3. The average molecular weight is 300 g/mol. The molecular weight excluding hydrogens is 280 g/mol. The van der Waals surface area contributed by atoms with E-state index in [2.05, 4.69) is 20.0 Å². The van der Waals surface area contributed by atoms with Crippen molar-refractivity contribution in [1.82, 2.24) is 20.0 Å². The van der Waals surface area contributed by atoms with E-state index in [1.807, 2.05) is 13.0 Å². The van der Waals surface area contributed by atoms with E-state index in [0.717, 1.165) is 18.7 Å². The molecule has 2 aliphatic heterocycles. The number of aromatic nitrogens is 3. The summed E-state index contributed by atoms with van der Waals surface area (Å²) in [7, 11) is 0. The smallest absolute Gasteiger partial charge is 0.259 e. The Kier molecular flexibility index (Phi) is 3.33. The fourth-order valence-electron chi connectivity index (χ4n) is 3.69. The molecule has 0 aromatic carbocycles. The summed E-state index contributed by atoms with van der Waals surface area (Å²) in [5.74, 6) is 1.36. The zero-order chi connectivity index (χ0) is 15.1. The van der Waals surface area contributed by atoms with Crippen molar-refractivity contribution < 1.29 is 4.52 Å². The summed E-state index contributed by atoms with van der Waals surface area (Å²) >= 11 is 0. The van der Waals surface area contributed by atoms with Gasteiger partial charge in [0.25, 0.3) is 5.56 Å². The molecule has 0 amide bonds. The maximum absolute atomic E-state index is 12.0. The van der Waals surface area contributed by atoms with Crippen LogP contribution < -0.4 is 5.56 Å². The highest BCUT2D eigenvalue weighted by atomic mass is 16.5. The molecule has 116 valence electrons. The van der Waals surface area contributed by atoms with Crippen molar-refractivity contribution in [2.45, 2.75) is 44.6 Å². The number of fused-ring (bicyclic) bond motifs is 1. The lowest BCUT2D eigenvalue weighted by Crippen LogP contribution is -2.33. The molecule has 2 aromatic rings. The Bertz CT molecular complexity index is 722. The Balaban J connectivity index is 1.58. The first-order chi connectivity index (χ1) is 10.7. The van der Waals surface area contributed by atoms with Crippen molar-refractivity contribution >= 4 is 0 Å². The van der Waals surface area contributed by atoms with Gasteiger partial charge in [0, 0.05) is 18.3 Å². The number of nitrogens with one attached hydrogen (secondary N) is 1. The van der Waals surface area contributed by atoms with E-state index in [1.54, 1.807) is 6.07 Å². The third kappa shape index (κ3) is 2.37. The van der Waals surface area contributed by atoms with Gasteiger partial charge in [-0.15, -0.1) is 0 Å². The largest absolute Gasteiger partial charge is 0.339 e. The number of H-pyrrole nitrogens is 1. The minimum atomic E-state index is -0.170. The van der Waals surface area contributed by atoms with Gasteiger partial charge in [0.1, 0.15) is 0 Å². The van der Waals surface area contributed by atoms with Crippen molar-refractivity contribution in [3.8, 4) is 11.4 Å². The van der Waals surface area contributed by atoms with Crippen LogP contribution in [-0.4, -0.2) is 39.2 Å². The summed E-state index contributed by atoms with van der Waals surface area (Å²) in [5.41, 5.74) is 1.12. The van der Waals surface area contributed by atoms with Gasteiger partial charge in [-0.3, -0.25) is 9.69 Å². The van der Waals surface area contributed by atoms with Crippen molar-refractivity contribution in [2.75, 3.05) is 13.1 Å². The second-order valence-corrected chi connectivity index (χ2v) is 6.42. The van der Waals surface area contributed by atoms with Gasteiger partial charge in [-0.05, 0) is 44.9 Å². The molecule has 4 heterocycles. The Morgan fingerprint density at radius 1 is 1.36 bits per heavy atom. The molecule has 2 unspecified atom stereocenters.